The Labute approximate surface area is 190 Å². The number of likely N-dealkylation sites (N-methyl/N-ethyl adjacent to an activating group) is 1. The minimum absolute atomic E-state index is 0. The third kappa shape index (κ3) is 8.52. The molecule has 0 aromatic heterocycles. The summed E-state index contributed by atoms with van der Waals surface area (Å²) in [6, 6.07) is 7.35. The predicted molar refractivity (Wildman–Crippen MR) is 119 cm³/mol. The first-order chi connectivity index (χ1) is 12.4. The molecule has 1 atom stereocenters. The van der Waals surface area contributed by atoms with Gasteiger partial charge in [0.1, 0.15) is 0 Å². The molecule has 0 saturated carbocycles. The predicted octanol–water partition coefficient (Wildman–Crippen LogP) is 2.70. The normalized spacial score (nSPS) is 21.4. The minimum atomic E-state index is -2.79. The first-order valence-corrected chi connectivity index (χ1v) is 9.36. The lowest BCUT2D eigenvalue weighted by molar-refractivity contribution is -0.123. The Morgan fingerprint density at radius 2 is 1.62 bits per heavy atom. The average molecular weight is 476 g/mol. The van der Waals surface area contributed by atoms with E-state index in [2.05, 4.69) is 39.5 Å². The number of nitrogens with zero attached hydrogens (tertiary/aromatic N) is 2. The topological polar surface area (TPSA) is 47.6 Å². The molecule has 2 heterocycles. The van der Waals surface area contributed by atoms with Crippen LogP contribution in [0.25, 0.3) is 0 Å². The van der Waals surface area contributed by atoms with Crippen molar-refractivity contribution in [2.75, 3.05) is 39.3 Å². The molecule has 2 aliphatic heterocycles. The molecule has 3 rings (SSSR count). The first kappa shape index (κ1) is 28.3. The van der Waals surface area contributed by atoms with Crippen LogP contribution in [0.4, 0.5) is 8.78 Å². The molecule has 1 aromatic rings. The Kier molecular flexibility index (Phi) is 12.6. The van der Waals surface area contributed by atoms with Gasteiger partial charge in [0.2, 0.25) is 5.91 Å². The van der Waals surface area contributed by atoms with Crippen molar-refractivity contribution in [3.63, 3.8) is 0 Å². The Morgan fingerprint density at radius 1 is 1.07 bits per heavy atom. The molecule has 0 bridgehead atoms. The Hall–Kier alpha value is -0.700. The van der Waals surface area contributed by atoms with Gasteiger partial charge in [-0.05, 0) is 17.7 Å². The molecule has 0 aliphatic carbocycles. The van der Waals surface area contributed by atoms with Crippen molar-refractivity contribution in [1.82, 2.24) is 20.4 Å². The fraction of sp³-hybridized carbons (Fsp3) is 0.632. The van der Waals surface area contributed by atoms with Crippen molar-refractivity contribution in [3.8, 4) is 0 Å². The van der Waals surface area contributed by atoms with E-state index in [1.807, 2.05) is 12.1 Å². The van der Waals surface area contributed by atoms with E-state index in [0.29, 0.717) is 6.54 Å². The second-order valence-corrected chi connectivity index (χ2v) is 7.24. The quantitative estimate of drug-likeness (QED) is 0.664. The molecule has 1 amide bonds. The van der Waals surface area contributed by atoms with E-state index in [-0.39, 0.29) is 43.1 Å². The van der Waals surface area contributed by atoms with Crippen LogP contribution in [0.2, 0.25) is 0 Å². The van der Waals surface area contributed by atoms with Crippen LogP contribution >= 0.6 is 37.2 Å². The molecular formula is C19H31Cl3F2N4O. The van der Waals surface area contributed by atoms with Gasteiger partial charge >= 0.3 is 0 Å². The van der Waals surface area contributed by atoms with Crippen LogP contribution in [0.5, 0.6) is 0 Å². The van der Waals surface area contributed by atoms with Crippen LogP contribution in [0.3, 0.4) is 0 Å². The zero-order valence-corrected chi connectivity index (χ0v) is 19.0. The van der Waals surface area contributed by atoms with Crippen molar-refractivity contribution in [3.05, 3.63) is 35.4 Å². The first-order valence-electron chi connectivity index (χ1n) is 9.36. The summed E-state index contributed by atoms with van der Waals surface area (Å²) in [4.78, 5) is 16.9. The number of carbonyl (C=O) groups excluding carboxylic acids is 1. The molecule has 2 saturated heterocycles. The van der Waals surface area contributed by atoms with Gasteiger partial charge in [-0.25, -0.2) is 8.78 Å². The second-order valence-electron chi connectivity index (χ2n) is 7.24. The van der Waals surface area contributed by atoms with E-state index >= 15 is 0 Å². The molecule has 0 spiro atoms. The lowest BCUT2D eigenvalue weighted by Crippen LogP contribution is -2.45. The zero-order valence-electron chi connectivity index (χ0n) is 16.5. The van der Waals surface area contributed by atoms with E-state index in [4.69, 9.17) is 0 Å². The summed E-state index contributed by atoms with van der Waals surface area (Å²) >= 11 is 0. The third-order valence-corrected chi connectivity index (χ3v) is 5.23. The number of hydrogen-bond donors (Lipinski definition) is 2. The molecule has 0 radical (unpaired) electrons. The summed E-state index contributed by atoms with van der Waals surface area (Å²) in [6.45, 7) is 8.60. The molecule has 1 unspecified atom stereocenters. The number of benzene rings is 1. The van der Waals surface area contributed by atoms with Gasteiger partial charge in [-0.1, -0.05) is 31.2 Å². The molecule has 2 aliphatic rings. The monoisotopic (exact) mass is 474 g/mol. The van der Waals surface area contributed by atoms with Gasteiger partial charge < -0.3 is 10.2 Å². The summed E-state index contributed by atoms with van der Waals surface area (Å²) in [7, 11) is 0. The lowest BCUT2D eigenvalue weighted by atomic mass is 10.1. The van der Waals surface area contributed by atoms with Gasteiger partial charge in [-0.2, -0.15) is 0 Å². The fourth-order valence-corrected chi connectivity index (χ4v) is 3.50. The van der Waals surface area contributed by atoms with Gasteiger partial charge in [-0.3, -0.25) is 15.0 Å². The maximum absolute atomic E-state index is 13.1. The highest BCUT2D eigenvalue weighted by atomic mass is 35.5. The van der Waals surface area contributed by atoms with E-state index in [9.17, 15) is 13.6 Å². The van der Waals surface area contributed by atoms with Crippen molar-refractivity contribution in [2.24, 2.45) is 0 Å². The van der Waals surface area contributed by atoms with Crippen LogP contribution in [0.1, 0.15) is 24.5 Å². The molecule has 5 nitrogen and oxygen atoms in total. The number of hydrogen-bond acceptors (Lipinski definition) is 4. The number of nitrogens with one attached hydrogen (secondary N) is 2. The maximum Gasteiger partial charge on any atom is 0.262 e. The number of halogens is 5. The van der Waals surface area contributed by atoms with Crippen LogP contribution in [0.15, 0.2) is 24.3 Å². The van der Waals surface area contributed by atoms with Crippen LogP contribution < -0.4 is 10.6 Å². The highest BCUT2D eigenvalue weighted by molar-refractivity contribution is 5.86. The van der Waals surface area contributed by atoms with Crippen LogP contribution in [-0.2, 0) is 17.9 Å². The summed E-state index contributed by atoms with van der Waals surface area (Å²) < 4.78 is 26.3. The summed E-state index contributed by atoms with van der Waals surface area (Å²) in [5.41, 5.74) is 2.23. The van der Waals surface area contributed by atoms with E-state index in [1.165, 1.54) is 5.56 Å². The smallest absolute Gasteiger partial charge is 0.262 e. The van der Waals surface area contributed by atoms with Gasteiger partial charge in [-0.15, -0.1) is 37.2 Å². The third-order valence-electron chi connectivity index (χ3n) is 5.23. The zero-order chi connectivity index (χ0) is 18.6. The van der Waals surface area contributed by atoms with Crippen LogP contribution in [0, 0.1) is 0 Å². The van der Waals surface area contributed by atoms with Gasteiger partial charge in [0.25, 0.3) is 5.92 Å². The molecule has 29 heavy (non-hydrogen) atoms. The SMILES string of the molecule is CCN1CCN(Cc2ccc(CNC(=O)C3CC(F)(F)CN3)cc2)CC1.Cl.Cl.Cl. The van der Waals surface area contributed by atoms with Crippen molar-refractivity contribution >= 4 is 43.1 Å². The largest absolute Gasteiger partial charge is 0.351 e. The second kappa shape index (κ2) is 12.9. The van der Waals surface area contributed by atoms with E-state index in [0.717, 1.165) is 44.8 Å². The molecule has 2 fully saturated rings. The minimum Gasteiger partial charge on any atom is -0.351 e. The average Bonchev–Trinajstić information content (AvgIpc) is 3.01. The Bertz CT molecular complexity index is 614. The number of carbonyl (C=O) groups is 1. The summed E-state index contributed by atoms with van der Waals surface area (Å²) in [5, 5.41) is 5.31. The molecule has 168 valence electrons. The molecule has 10 heteroatoms. The van der Waals surface area contributed by atoms with Gasteiger partial charge in [0.05, 0.1) is 12.6 Å². The molecular weight excluding hydrogens is 445 g/mol. The Balaban J connectivity index is 0.00000261. The number of rotatable bonds is 6. The van der Waals surface area contributed by atoms with Crippen molar-refractivity contribution in [1.29, 1.82) is 0 Å². The van der Waals surface area contributed by atoms with Crippen molar-refractivity contribution in [2.45, 2.75) is 38.4 Å². The summed E-state index contributed by atoms with van der Waals surface area (Å²) in [6.07, 6.45) is -0.428. The standard InChI is InChI=1S/C19H28F2N4O.3ClH/c1-2-24-7-9-25(10-8-24)13-16-5-3-15(4-6-16)12-22-18(26)17-11-19(20,21)14-23-17;;;/h3-6,17,23H,2,7-14H2,1H3,(H,22,26);3*1H. The number of alkyl halides is 2. The highest BCUT2D eigenvalue weighted by Crippen LogP contribution is 2.25. The molecule has 1 aromatic carbocycles. The number of piperazine rings is 1. The van der Waals surface area contributed by atoms with Gasteiger partial charge in [0.15, 0.2) is 0 Å². The van der Waals surface area contributed by atoms with E-state index in [1.54, 1.807) is 0 Å². The van der Waals surface area contributed by atoms with Crippen LogP contribution in [-0.4, -0.2) is 66.9 Å². The van der Waals surface area contributed by atoms with Gasteiger partial charge in [0, 0.05) is 45.7 Å². The maximum atomic E-state index is 13.1. The van der Waals surface area contributed by atoms with Crippen molar-refractivity contribution < 1.29 is 13.6 Å². The highest BCUT2D eigenvalue weighted by Gasteiger charge is 2.42. The summed E-state index contributed by atoms with van der Waals surface area (Å²) in [5.74, 6) is -3.15. The van der Waals surface area contributed by atoms with E-state index < -0.39 is 24.9 Å². The molecule has 2 N–H and O–H groups in total. The lowest BCUT2D eigenvalue weighted by Gasteiger charge is -2.34. The fourth-order valence-electron chi connectivity index (χ4n) is 3.50. The number of amides is 1. The Morgan fingerprint density at radius 3 is 2.14 bits per heavy atom.